The van der Waals surface area contributed by atoms with E-state index in [1.807, 2.05) is 0 Å². The van der Waals surface area contributed by atoms with Crippen molar-refractivity contribution in [3.63, 3.8) is 0 Å². The lowest BCUT2D eigenvalue weighted by atomic mass is 10.2. The fourth-order valence-electron chi connectivity index (χ4n) is 1.55. The van der Waals surface area contributed by atoms with E-state index in [9.17, 15) is 13.6 Å². The molecule has 1 heterocycles. The highest BCUT2D eigenvalue weighted by atomic mass is 32.2. The molecule has 0 aliphatic rings. The Hall–Kier alpha value is -2.21. The summed E-state index contributed by atoms with van der Waals surface area (Å²) in [4.78, 5) is 16.0. The molecule has 2 aromatic rings. The summed E-state index contributed by atoms with van der Waals surface area (Å²) in [7, 11) is 0. The van der Waals surface area contributed by atoms with Crippen LogP contribution in [0.2, 0.25) is 0 Å². The quantitative estimate of drug-likeness (QED) is 0.669. The minimum atomic E-state index is -2.43. The highest BCUT2D eigenvalue weighted by Crippen LogP contribution is 2.25. The van der Waals surface area contributed by atoms with E-state index in [1.54, 1.807) is 54.9 Å². The summed E-state index contributed by atoms with van der Waals surface area (Å²) in [5, 5.41) is 2.66. The number of nitrogens with zero attached hydrogens (tertiary/aromatic N) is 1. The number of anilines is 1. The minimum Gasteiger partial charge on any atom is -0.321 e. The molecule has 6 heteroatoms. The van der Waals surface area contributed by atoms with Crippen molar-refractivity contribution in [3.8, 4) is 0 Å². The fraction of sp³-hybridized carbons (Fsp3) is 0.0667. The highest BCUT2D eigenvalue weighted by Gasteiger charge is 2.04. The number of alkyl halides is 2. The number of carbonyl (C=O) groups is 1. The number of hydrogen-bond donors (Lipinski definition) is 1. The lowest BCUT2D eigenvalue weighted by molar-refractivity contribution is -0.111. The highest BCUT2D eigenvalue weighted by molar-refractivity contribution is 7.99. The zero-order chi connectivity index (χ0) is 15.1. The number of halogens is 2. The number of pyridine rings is 1. The van der Waals surface area contributed by atoms with Gasteiger partial charge in [0.15, 0.2) is 0 Å². The van der Waals surface area contributed by atoms with Gasteiger partial charge in [-0.2, -0.15) is 8.78 Å². The molecule has 0 bridgehead atoms. The van der Waals surface area contributed by atoms with Crippen molar-refractivity contribution >= 4 is 29.4 Å². The van der Waals surface area contributed by atoms with E-state index in [2.05, 4.69) is 10.3 Å². The Balaban J connectivity index is 1.93. The molecule has 0 atom stereocenters. The number of aromatic nitrogens is 1. The van der Waals surface area contributed by atoms with Gasteiger partial charge in [0.25, 0.3) is 5.76 Å². The topological polar surface area (TPSA) is 42.0 Å². The van der Waals surface area contributed by atoms with Gasteiger partial charge in [0.1, 0.15) is 0 Å². The van der Waals surface area contributed by atoms with Gasteiger partial charge in [0, 0.05) is 17.2 Å². The zero-order valence-electron chi connectivity index (χ0n) is 10.9. The molecular weight excluding hydrogens is 294 g/mol. The average molecular weight is 306 g/mol. The molecule has 0 spiro atoms. The molecule has 21 heavy (non-hydrogen) atoms. The Kier molecular flexibility index (Phi) is 5.45. The van der Waals surface area contributed by atoms with Crippen molar-refractivity contribution in [3.05, 3.63) is 60.4 Å². The standard InChI is InChI=1S/C15H12F2N2OS/c16-15(17)21-13-6-3-11(4-7-13)5-8-14(20)19-12-2-1-9-18-10-12/h1-10,15H,(H,19,20). The van der Waals surface area contributed by atoms with Crippen LogP contribution in [0.25, 0.3) is 6.08 Å². The van der Waals surface area contributed by atoms with E-state index in [1.165, 1.54) is 6.08 Å². The molecule has 0 aliphatic carbocycles. The van der Waals surface area contributed by atoms with Crippen LogP contribution in [0, 0.1) is 0 Å². The van der Waals surface area contributed by atoms with Gasteiger partial charge in [-0.1, -0.05) is 23.9 Å². The summed E-state index contributed by atoms with van der Waals surface area (Å²) in [6.45, 7) is 0. The van der Waals surface area contributed by atoms with Gasteiger partial charge in [0.05, 0.1) is 11.9 Å². The molecular formula is C15H12F2N2OS. The van der Waals surface area contributed by atoms with Crippen LogP contribution in [-0.2, 0) is 4.79 Å². The van der Waals surface area contributed by atoms with E-state index in [-0.39, 0.29) is 5.91 Å². The molecule has 1 amide bonds. The summed E-state index contributed by atoms with van der Waals surface area (Å²) >= 11 is 0.490. The molecule has 0 saturated heterocycles. The molecule has 0 saturated carbocycles. The summed E-state index contributed by atoms with van der Waals surface area (Å²) in [6, 6.07) is 10.00. The van der Waals surface area contributed by atoms with Gasteiger partial charge in [-0.25, -0.2) is 0 Å². The number of benzene rings is 1. The Bertz CT molecular complexity index is 615. The number of rotatable bonds is 5. The molecule has 0 fully saturated rings. The Labute approximate surface area is 125 Å². The second-order valence-corrected chi connectivity index (χ2v) is 5.08. The number of carbonyl (C=O) groups excluding carboxylic acids is 1. The van der Waals surface area contributed by atoms with Crippen molar-refractivity contribution in [1.82, 2.24) is 4.98 Å². The van der Waals surface area contributed by atoms with Crippen molar-refractivity contribution in [2.75, 3.05) is 5.32 Å². The van der Waals surface area contributed by atoms with E-state index >= 15 is 0 Å². The van der Waals surface area contributed by atoms with Crippen LogP contribution >= 0.6 is 11.8 Å². The lowest BCUT2D eigenvalue weighted by Gasteiger charge is -2.01. The van der Waals surface area contributed by atoms with Gasteiger partial charge < -0.3 is 5.32 Å². The van der Waals surface area contributed by atoms with Crippen LogP contribution in [-0.4, -0.2) is 16.6 Å². The van der Waals surface area contributed by atoms with Gasteiger partial charge in [-0.15, -0.1) is 0 Å². The predicted molar refractivity (Wildman–Crippen MR) is 80.2 cm³/mol. The third-order valence-corrected chi connectivity index (χ3v) is 3.18. The van der Waals surface area contributed by atoms with E-state index in [0.717, 1.165) is 5.56 Å². The van der Waals surface area contributed by atoms with Crippen LogP contribution in [0.15, 0.2) is 59.8 Å². The molecule has 3 nitrogen and oxygen atoms in total. The smallest absolute Gasteiger partial charge is 0.288 e. The zero-order valence-corrected chi connectivity index (χ0v) is 11.7. The van der Waals surface area contributed by atoms with Crippen LogP contribution in [0.1, 0.15) is 5.56 Å². The first-order valence-corrected chi connectivity index (χ1v) is 6.95. The van der Waals surface area contributed by atoms with Gasteiger partial charge in [-0.05, 0) is 35.9 Å². The Morgan fingerprint density at radius 3 is 2.62 bits per heavy atom. The number of amides is 1. The maximum absolute atomic E-state index is 12.2. The van der Waals surface area contributed by atoms with Crippen molar-refractivity contribution < 1.29 is 13.6 Å². The maximum Gasteiger partial charge on any atom is 0.288 e. The average Bonchev–Trinajstić information content (AvgIpc) is 2.47. The van der Waals surface area contributed by atoms with Crippen LogP contribution in [0.3, 0.4) is 0 Å². The minimum absolute atomic E-state index is 0.283. The van der Waals surface area contributed by atoms with Crippen molar-refractivity contribution in [1.29, 1.82) is 0 Å². The molecule has 108 valence electrons. The predicted octanol–water partition coefficient (Wildman–Crippen LogP) is 4.05. The SMILES string of the molecule is O=C(C=Cc1ccc(SC(F)F)cc1)Nc1cccnc1. The monoisotopic (exact) mass is 306 g/mol. The first-order valence-electron chi connectivity index (χ1n) is 6.07. The number of hydrogen-bond acceptors (Lipinski definition) is 3. The molecule has 0 aliphatic heterocycles. The summed E-state index contributed by atoms with van der Waals surface area (Å²) < 4.78 is 24.3. The third kappa shape index (κ3) is 5.35. The van der Waals surface area contributed by atoms with Crippen molar-refractivity contribution in [2.45, 2.75) is 10.7 Å². The van der Waals surface area contributed by atoms with Gasteiger partial charge in [0.2, 0.25) is 5.91 Å². The molecule has 1 N–H and O–H groups in total. The normalized spacial score (nSPS) is 11.0. The number of thioether (sulfide) groups is 1. The van der Waals surface area contributed by atoms with E-state index < -0.39 is 5.76 Å². The van der Waals surface area contributed by atoms with Crippen molar-refractivity contribution in [2.24, 2.45) is 0 Å². The first-order chi connectivity index (χ1) is 10.1. The van der Waals surface area contributed by atoms with Crippen LogP contribution in [0.5, 0.6) is 0 Å². The van der Waals surface area contributed by atoms with Crippen LogP contribution < -0.4 is 5.32 Å². The second kappa shape index (κ2) is 7.54. The Morgan fingerprint density at radius 2 is 2.00 bits per heavy atom. The molecule has 0 radical (unpaired) electrons. The van der Waals surface area contributed by atoms with Gasteiger partial charge >= 0.3 is 0 Å². The van der Waals surface area contributed by atoms with E-state index in [0.29, 0.717) is 22.3 Å². The van der Waals surface area contributed by atoms with Crippen LogP contribution in [0.4, 0.5) is 14.5 Å². The molecule has 0 unspecified atom stereocenters. The lowest BCUT2D eigenvalue weighted by Crippen LogP contribution is -2.07. The summed E-state index contributed by atoms with van der Waals surface area (Å²) in [5.74, 6) is -2.72. The van der Waals surface area contributed by atoms with Gasteiger partial charge in [-0.3, -0.25) is 9.78 Å². The second-order valence-electron chi connectivity index (χ2n) is 4.01. The third-order valence-electron chi connectivity index (χ3n) is 2.46. The summed E-state index contributed by atoms with van der Waals surface area (Å²) in [6.07, 6.45) is 6.15. The van der Waals surface area contributed by atoms with E-state index in [4.69, 9.17) is 0 Å². The molecule has 1 aromatic carbocycles. The summed E-state index contributed by atoms with van der Waals surface area (Å²) in [5.41, 5.74) is 1.37. The Morgan fingerprint density at radius 1 is 1.24 bits per heavy atom. The first kappa shape index (κ1) is 15.2. The largest absolute Gasteiger partial charge is 0.321 e. The number of nitrogens with one attached hydrogen (secondary N) is 1. The fourth-order valence-corrected chi connectivity index (χ4v) is 2.05. The molecule has 2 rings (SSSR count). The molecule has 1 aromatic heterocycles. The maximum atomic E-state index is 12.2.